The first-order valence-corrected chi connectivity index (χ1v) is 13.7. The van der Waals surface area contributed by atoms with Gasteiger partial charge in [0, 0.05) is 24.7 Å². The minimum atomic E-state index is -4.59. The van der Waals surface area contributed by atoms with Crippen molar-refractivity contribution >= 4 is 11.7 Å². The molecule has 0 aromatic heterocycles. The maximum absolute atomic E-state index is 14.3. The molecule has 1 unspecified atom stereocenters. The van der Waals surface area contributed by atoms with Crippen LogP contribution < -0.4 is 19.5 Å². The van der Waals surface area contributed by atoms with Gasteiger partial charge in [-0.05, 0) is 66.3 Å². The van der Waals surface area contributed by atoms with Gasteiger partial charge in [0.1, 0.15) is 19.0 Å². The second kappa shape index (κ2) is 10.8. The lowest BCUT2D eigenvalue weighted by Gasteiger charge is -2.24. The van der Waals surface area contributed by atoms with Crippen LogP contribution in [0.2, 0.25) is 0 Å². The first kappa shape index (κ1) is 27.3. The number of carboxylic acid groups (broad SMARTS) is 1. The van der Waals surface area contributed by atoms with Gasteiger partial charge in [-0.1, -0.05) is 24.3 Å². The standard InChI is InChI=1S/C31H31F3N2O5/c1-39-28-15-26(24(31(32,33)34)13-20(28)17-36-10-9-19(16-36)30(37)38)35-25-7-6-22-21(3-2-4-23(22)25)18-5-8-27-29(14-18)41-12-11-40-27/h2-5,8,13-15,19,25,35H,6-7,9-12,16-17H2,1H3,(H,37,38)/t19?,25-/m0/s1. The fourth-order valence-corrected chi connectivity index (χ4v) is 6.18. The lowest BCUT2D eigenvalue weighted by molar-refractivity contribution is -0.141. The van der Waals surface area contributed by atoms with Crippen molar-refractivity contribution in [1.82, 2.24) is 4.90 Å². The molecular weight excluding hydrogens is 537 g/mol. The summed E-state index contributed by atoms with van der Waals surface area (Å²) in [5, 5.41) is 12.5. The van der Waals surface area contributed by atoms with E-state index in [0.29, 0.717) is 68.4 Å². The van der Waals surface area contributed by atoms with Gasteiger partial charge in [0.15, 0.2) is 11.5 Å². The summed E-state index contributed by atoms with van der Waals surface area (Å²) in [5.74, 6) is 0.328. The third kappa shape index (κ3) is 5.40. The fourth-order valence-electron chi connectivity index (χ4n) is 6.18. The topological polar surface area (TPSA) is 80.3 Å². The van der Waals surface area contributed by atoms with Gasteiger partial charge >= 0.3 is 12.1 Å². The smallest absolute Gasteiger partial charge is 0.418 e. The van der Waals surface area contributed by atoms with Crippen molar-refractivity contribution in [3.63, 3.8) is 0 Å². The van der Waals surface area contributed by atoms with Gasteiger partial charge in [0.2, 0.25) is 0 Å². The molecule has 2 atom stereocenters. The van der Waals surface area contributed by atoms with Gasteiger partial charge in [-0.15, -0.1) is 0 Å². The van der Waals surface area contributed by atoms with E-state index in [9.17, 15) is 23.1 Å². The number of nitrogens with zero attached hydrogens (tertiary/aromatic N) is 1. The van der Waals surface area contributed by atoms with Crippen molar-refractivity contribution in [2.45, 2.75) is 38.0 Å². The number of aliphatic carboxylic acids is 1. The Morgan fingerprint density at radius 2 is 1.90 bits per heavy atom. The highest BCUT2D eigenvalue weighted by molar-refractivity contribution is 5.73. The van der Waals surface area contributed by atoms with Crippen LogP contribution in [0.1, 0.15) is 41.1 Å². The molecule has 3 aliphatic rings. The largest absolute Gasteiger partial charge is 0.496 e. The van der Waals surface area contributed by atoms with Gasteiger partial charge in [0.25, 0.3) is 0 Å². The van der Waals surface area contributed by atoms with E-state index in [1.165, 1.54) is 13.2 Å². The molecule has 3 aromatic carbocycles. The van der Waals surface area contributed by atoms with Gasteiger partial charge in [0.05, 0.1) is 30.3 Å². The van der Waals surface area contributed by atoms with E-state index >= 15 is 0 Å². The van der Waals surface area contributed by atoms with E-state index in [-0.39, 0.29) is 18.3 Å². The van der Waals surface area contributed by atoms with Crippen molar-refractivity contribution in [2.75, 3.05) is 38.7 Å². The first-order valence-electron chi connectivity index (χ1n) is 13.7. The number of methoxy groups -OCH3 is 1. The van der Waals surface area contributed by atoms with E-state index < -0.39 is 23.6 Å². The number of ether oxygens (including phenoxy) is 3. The lowest BCUT2D eigenvalue weighted by atomic mass is 9.96. The fraction of sp³-hybridized carbons (Fsp3) is 0.387. The first-order chi connectivity index (χ1) is 19.7. The van der Waals surface area contributed by atoms with E-state index in [2.05, 4.69) is 5.32 Å². The van der Waals surface area contributed by atoms with Gasteiger partial charge in [-0.25, -0.2) is 0 Å². The highest BCUT2D eigenvalue weighted by Gasteiger charge is 2.37. The Hall–Kier alpha value is -3.92. The molecule has 6 rings (SSSR count). The molecule has 2 heterocycles. The second-order valence-corrected chi connectivity index (χ2v) is 10.7. The molecule has 0 spiro atoms. The molecule has 2 aliphatic heterocycles. The molecular formula is C31H31F3N2O5. The van der Waals surface area contributed by atoms with E-state index in [4.69, 9.17) is 14.2 Å². The van der Waals surface area contributed by atoms with Crippen molar-refractivity contribution in [3.05, 3.63) is 70.8 Å². The predicted octanol–water partition coefficient (Wildman–Crippen LogP) is 6.16. The van der Waals surface area contributed by atoms with Crippen molar-refractivity contribution < 1.29 is 37.3 Å². The molecule has 41 heavy (non-hydrogen) atoms. The number of benzene rings is 3. The summed E-state index contributed by atoms with van der Waals surface area (Å²) in [6.45, 7) is 1.98. The van der Waals surface area contributed by atoms with E-state index in [1.54, 1.807) is 0 Å². The third-order valence-corrected chi connectivity index (χ3v) is 8.20. The van der Waals surface area contributed by atoms with Crippen LogP contribution in [0.4, 0.5) is 18.9 Å². The van der Waals surface area contributed by atoms with Crippen LogP contribution in [0.5, 0.6) is 17.2 Å². The van der Waals surface area contributed by atoms with Crippen LogP contribution in [0.3, 0.4) is 0 Å². The summed E-state index contributed by atoms with van der Waals surface area (Å²) >= 11 is 0. The number of hydrogen-bond acceptors (Lipinski definition) is 6. The van der Waals surface area contributed by atoms with Gasteiger partial charge in [-0.2, -0.15) is 13.2 Å². The average Bonchev–Trinajstić information content (AvgIpc) is 3.60. The van der Waals surface area contributed by atoms with Gasteiger partial charge < -0.3 is 24.6 Å². The molecule has 216 valence electrons. The molecule has 0 saturated carbocycles. The average molecular weight is 569 g/mol. The number of hydrogen-bond donors (Lipinski definition) is 2. The SMILES string of the molecule is COc1cc(N[C@H]2CCc3c(-c4ccc5c(c4)OCCO5)cccc32)c(C(F)(F)F)cc1CN1CCC(C(=O)O)C1. The summed E-state index contributed by atoms with van der Waals surface area (Å²) in [4.78, 5) is 13.2. The minimum Gasteiger partial charge on any atom is -0.496 e. The number of nitrogens with one attached hydrogen (secondary N) is 1. The van der Waals surface area contributed by atoms with Crippen molar-refractivity contribution in [2.24, 2.45) is 5.92 Å². The molecule has 1 aliphatic carbocycles. The Balaban J connectivity index is 1.29. The molecule has 3 aromatic rings. The summed E-state index contributed by atoms with van der Waals surface area (Å²) in [7, 11) is 1.43. The van der Waals surface area contributed by atoms with Gasteiger partial charge in [-0.3, -0.25) is 9.69 Å². The summed E-state index contributed by atoms with van der Waals surface area (Å²) in [6, 6.07) is 14.0. The van der Waals surface area contributed by atoms with E-state index in [0.717, 1.165) is 28.3 Å². The normalized spacial score (nSPS) is 20.1. The molecule has 0 amide bonds. The molecule has 7 nitrogen and oxygen atoms in total. The summed E-state index contributed by atoms with van der Waals surface area (Å²) in [5.41, 5.74) is 3.64. The molecule has 2 N–H and O–H groups in total. The maximum Gasteiger partial charge on any atom is 0.418 e. The maximum atomic E-state index is 14.3. The number of halogens is 3. The molecule has 1 saturated heterocycles. The quantitative estimate of drug-likeness (QED) is 0.354. The number of alkyl halides is 3. The minimum absolute atomic E-state index is 0.0366. The number of carboxylic acids is 1. The zero-order valence-corrected chi connectivity index (χ0v) is 22.6. The van der Waals surface area contributed by atoms with Crippen LogP contribution >= 0.6 is 0 Å². The number of carbonyl (C=O) groups is 1. The Morgan fingerprint density at radius 3 is 2.63 bits per heavy atom. The molecule has 10 heteroatoms. The van der Waals surface area contributed by atoms with Crippen LogP contribution in [-0.4, -0.2) is 49.4 Å². The highest BCUT2D eigenvalue weighted by Crippen LogP contribution is 2.45. The monoisotopic (exact) mass is 568 g/mol. The Kier molecular flexibility index (Phi) is 7.19. The Morgan fingerprint density at radius 1 is 1.10 bits per heavy atom. The summed E-state index contributed by atoms with van der Waals surface area (Å²) < 4.78 is 60.0. The zero-order chi connectivity index (χ0) is 28.7. The van der Waals surface area contributed by atoms with Crippen LogP contribution in [-0.2, 0) is 23.9 Å². The zero-order valence-electron chi connectivity index (χ0n) is 22.6. The van der Waals surface area contributed by atoms with E-state index in [1.807, 2.05) is 41.3 Å². The second-order valence-electron chi connectivity index (χ2n) is 10.7. The van der Waals surface area contributed by atoms with Crippen LogP contribution in [0.25, 0.3) is 11.1 Å². The molecule has 1 fully saturated rings. The Labute approximate surface area is 235 Å². The molecule has 0 bridgehead atoms. The number of fused-ring (bicyclic) bond motifs is 2. The molecule has 0 radical (unpaired) electrons. The number of rotatable bonds is 7. The van der Waals surface area contributed by atoms with Crippen LogP contribution in [0.15, 0.2) is 48.5 Å². The third-order valence-electron chi connectivity index (χ3n) is 8.20. The lowest BCUT2D eigenvalue weighted by Crippen LogP contribution is -2.23. The Bertz CT molecular complexity index is 1470. The number of likely N-dealkylation sites (tertiary alicyclic amines) is 1. The van der Waals surface area contributed by atoms with Crippen LogP contribution in [0, 0.1) is 5.92 Å². The summed E-state index contributed by atoms with van der Waals surface area (Å²) in [6.07, 6.45) is -2.76. The number of anilines is 1. The van der Waals surface area contributed by atoms with Crippen molar-refractivity contribution in [3.8, 4) is 28.4 Å². The predicted molar refractivity (Wildman–Crippen MR) is 147 cm³/mol. The van der Waals surface area contributed by atoms with Crippen molar-refractivity contribution in [1.29, 1.82) is 0 Å². The highest BCUT2D eigenvalue weighted by atomic mass is 19.4.